The molecule has 1 amide bonds. The molecule has 0 spiro atoms. The third-order valence-corrected chi connectivity index (χ3v) is 9.73. The van der Waals surface area contributed by atoms with Gasteiger partial charge in [0, 0.05) is 25.4 Å². The van der Waals surface area contributed by atoms with Gasteiger partial charge in [-0.1, -0.05) is 17.4 Å². The molecule has 0 radical (unpaired) electrons. The van der Waals surface area contributed by atoms with Crippen molar-refractivity contribution in [2.24, 2.45) is 5.92 Å². The van der Waals surface area contributed by atoms with Gasteiger partial charge in [-0.25, -0.2) is 13.4 Å². The van der Waals surface area contributed by atoms with Gasteiger partial charge in [0.1, 0.15) is 0 Å². The van der Waals surface area contributed by atoms with Crippen LogP contribution in [0.5, 0.6) is 0 Å². The van der Waals surface area contributed by atoms with Crippen LogP contribution in [0, 0.1) is 5.92 Å². The number of fused-ring (bicyclic) bond motifs is 2. The molecular formula is C23H27N3O4S2. The van der Waals surface area contributed by atoms with E-state index in [1.807, 2.05) is 12.1 Å². The quantitative estimate of drug-likeness (QED) is 0.732. The predicted octanol–water partition coefficient (Wildman–Crippen LogP) is 3.58. The fourth-order valence-electron chi connectivity index (χ4n) is 4.91. The Balaban J connectivity index is 1.22. The topological polar surface area (TPSA) is 96.4 Å². The van der Waals surface area contributed by atoms with E-state index >= 15 is 0 Å². The molecule has 0 atom stereocenters. The first-order valence-corrected chi connectivity index (χ1v) is 13.6. The molecule has 7 nitrogen and oxygen atoms in total. The summed E-state index contributed by atoms with van der Waals surface area (Å²) in [6, 6.07) is 5.53. The van der Waals surface area contributed by atoms with Crippen molar-refractivity contribution in [3.63, 3.8) is 0 Å². The molecule has 1 N–H and O–H groups in total. The van der Waals surface area contributed by atoms with E-state index in [0.717, 1.165) is 49.8 Å². The Morgan fingerprint density at radius 2 is 1.78 bits per heavy atom. The van der Waals surface area contributed by atoms with Gasteiger partial charge in [0.05, 0.1) is 15.5 Å². The third kappa shape index (κ3) is 4.13. The Hall–Kier alpha value is -2.10. The molecule has 170 valence electrons. The van der Waals surface area contributed by atoms with Crippen molar-refractivity contribution in [2.75, 3.05) is 18.4 Å². The lowest BCUT2D eigenvalue weighted by Gasteiger charge is -2.30. The first kappa shape index (κ1) is 21.7. The summed E-state index contributed by atoms with van der Waals surface area (Å²) in [5, 5.41) is 3.33. The number of nitrogens with zero attached hydrogens (tertiary/aromatic N) is 2. The SMILES string of the molecule is O=C1CCCc2nc(NC(=O)C3CCN(S(=O)(=O)c4ccc5c(c4)CCCC5)CC3)sc21. The maximum atomic E-state index is 13.2. The molecule has 0 bridgehead atoms. The monoisotopic (exact) mass is 473 g/mol. The summed E-state index contributed by atoms with van der Waals surface area (Å²) in [7, 11) is -3.56. The van der Waals surface area contributed by atoms with Gasteiger partial charge in [-0.05, 0) is 74.6 Å². The van der Waals surface area contributed by atoms with E-state index in [9.17, 15) is 18.0 Å². The number of carbonyl (C=O) groups is 2. The lowest BCUT2D eigenvalue weighted by Crippen LogP contribution is -2.41. The van der Waals surface area contributed by atoms with Gasteiger partial charge in [-0.2, -0.15) is 4.31 Å². The van der Waals surface area contributed by atoms with Gasteiger partial charge in [0.25, 0.3) is 0 Å². The third-order valence-electron chi connectivity index (χ3n) is 6.78. The van der Waals surface area contributed by atoms with Gasteiger partial charge >= 0.3 is 0 Å². The van der Waals surface area contributed by atoms with E-state index in [1.165, 1.54) is 21.2 Å². The van der Waals surface area contributed by atoms with Crippen LogP contribution in [-0.2, 0) is 34.1 Å². The number of sulfonamides is 1. The standard InChI is InChI=1S/C23H27N3O4S2/c27-20-7-3-6-19-21(20)31-23(24-19)25-22(28)16-10-12-26(13-11-16)32(29,30)18-9-8-15-4-1-2-5-17(15)14-18/h8-9,14,16H,1-7,10-13H2,(H,24,25,28). The Morgan fingerprint density at radius 3 is 2.53 bits per heavy atom. The van der Waals surface area contributed by atoms with Crippen LogP contribution >= 0.6 is 11.3 Å². The minimum atomic E-state index is -3.56. The number of benzene rings is 1. The highest BCUT2D eigenvalue weighted by atomic mass is 32.2. The van der Waals surface area contributed by atoms with Gasteiger partial charge in [-0.3, -0.25) is 9.59 Å². The zero-order valence-electron chi connectivity index (χ0n) is 17.9. The van der Waals surface area contributed by atoms with Crippen LogP contribution in [-0.4, -0.2) is 42.5 Å². The van der Waals surface area contributed by atoms with Gasteiger partial charge < -0.3 is 5.32 Å². The molecule has 32 heavy (non-hydrogen) atoms. The first-order chi connectivity index (χ1) is 15.4. The molecule has 2 heterocycles. The van der Waals surface area contributed by atoms with Crippen LogP contribution < -0.4 is 5.32 Å². The van der Waals surface area contributed by atoms with E-state index in [1.54, 1.807) is 6.07 Å². The number of hydrogen-bond acceptors (Lipinski definition) is 6. The molecule has 1 saturated heterocycles. The van der Waals surface area contributed by atoms with Crippen LogP contribution in [0.3, 0.4) is 0 Å². The number of anilines is 1. The number of rotatable bonds is 4. The number of carbonyl (C=O) groups excluding carboxylic acids is 2. The molecule has 1 fully saturated rings. The summed E-state index contributed by atoms with van der Waals surface area (Å²) in [4.78, 5) is 30.2. The molecule has 9 heteroatoms. The first-order valence-electron chi connectivity index (χ1n) is 11.4. The van der Waals surface area contributed by atoms with Crippen LogP contribution in [0.25, 0.3) is 0 Å². The summed E-state index contributed by atoms with van der Waals surface area (Å²) >= 11 is 1.25. The van der Waals surface area contributed by atoms with Gasteiger partial charge in [-0.15, -0.1) is 0 Å². The maximum Gasteiger partial charge on any atom is 0.243 e. The second-order valence-corrected chi connectivity index (χ2v) is 11.8. The van der Waals surface area contributed by atoms with Gasteiger partial charge in [0.15, 0.2) is 10.9 Å². The molecule has 1 aliphatic heterocycles. The normalized spacial score (nSPS) is 19.9. The second-order valence-electron chi connectivity index (χ2n) is 8.88. The highest BCUT2D eigenvalue weighted by Crippen LogP contribution is 2.31. The number of amides is 1. The van der Waals surface area contributed by atoms with Crippen molar-refractivity contribution in [3.8, 4) is 0 Å². The summed E-state index contributed by atoms with van der Waals surface area (Å²) in [5.41, 5.74) is 3.19. The Bertz CT molecular complexity index is 1160. The largest absolute Gasteiger partial charge is 0.302 e. The number of aryl methyl sites for hydroxylation is 3. The van der Waals surface area contributed by atoms with E-state index < -0.39 is 10.0 Å². The molecule has 2 aromatic rings. The highest BCUT2D eigenvalue weighted by molar-refractivity contribution is 7.89. The van der Waals surface area contributed by atoms with Crippen molar-refractivity contribution in [1.82, 2.24) is 9.29 Å². The number of hydrogen-bond donors (Lipinski definition) is 1. The molecule has 1 aromatic heterocycles. The smallest absolute Gasteiger partial charge is 0.243 e. The summed E-state index contributed by atoms with van der Waals surface area (Å²) in [6.45, 7) is 0.648. The van der Waals surface area contributed by atoms with Crippen molar-refractivity contribution >= 4 is 38.2 Å². The summed E-state index contributed by atoms with van der Waals surface area (Å²) in [6.07, 6.45) is 7.28. The number of nitrogens with one attached hydrogen (secondary N) is 1. The highest BCUT2D eigenvalue weighted by Gasteiger charge is 2.33. The zero-order valence-corrected chi connectivity index (χ0v) is 19.6. The Morgan fingerprint density at radius 1 is 1.03 bits per heavy atom. The van der Waals surface area contributed by atoms with Crippen LogP contribution in [0.1, 0.15) is 65.0 Å². The van der Waals surface area contributed by atoms with Crippen LogP contribution in [0.2, 0.25) is 0 Å². The Kier molecular flexibility index (Phi) is 5.90. The molecular weight excluding hydrogens is 446 g/mol. The predicted molar refractivity (Wildman–Crippen MR) is 123 cm³/mol. The summed E-state index contributed by atoms with van der Waals surface area (Å²) < 4.78 is 27.8. The van der Waals surface area contributed by atoms with E-state index in [2.05, 4.69) is 10.3 Å². The minimum absolute atomic E-state index is 0.102. The Labute approximate surface area is 192 Å². The fourth-order valence-corrected chi connectivity index (χ4v) is 7.41. The lowest BCUT2D eigenvalue weighted by atomic mass is 9.92. The average molecular weight is 474 g/mol. The number of piperidine rings is 1. The molecule has 5 rings (SSSR count). The summed E-state index contributed by atoms with van der Waals surface area (Å²) in [5.74, 6) is -0.305. The molecule has 0 unspecified atom stereocenters. The number of ketones is 1. The van der Waals surface area contributed by atoms with E-state index in [4.69, 9.17) is 0 Å². The maximum absolute atomic E-state index is 13.2. The minimum Gasteiger partial charge on any atom is -0.302 e. The van der Waals surface area contributed by atoms with Crippen molar-refractivity contribution in [1.29, 1.82) is 0 Å². The number of aromatic nitrogens is 1. The van der Waals surface area contributed by atoms with Crippen LogP contribution in [0.15, 0.2) is 23.1 Å². The van der Waals surface area contributed by atoms with Crippen molar-refractivity contribution < 1.29 is 18.0 Å². The number of Topliss-reactive ketones (excluding diaryl/α,β-unsaturated/α-hetero) is 1. The van der Waals surface area contributed by atoms with E-state index in [-0.39, 0.29) is 17.6 Å². The molecule has 2 aliphatic carbocycles. The lowest BCUT2D eigenvalue weighted by molar-refractivity contribution is -0.120. The van der Waals surface area contributed by atoms with Crippen molar-refractivity contribution in [3.05, 3.63) is 39.9 Å². The fraction of sp³-hybridized carbons (Fsp3) is 0.522. The van der Waals surface area contributed by atoms with Crippen LogP contribution in [0.4, 0.5) is 5.13 Å². The van der Waals surface area contributed by atoms with E-state index in [0.29, 0.717) is 47.3 Å². The molecule has 0 saturated carbocycles. The second kappa shape index (κ2) is 8.68. The average Bonchev–Trinajstić information content (AvgIpc) is 3.22. The van der Waals surface area contributed by atoms with Crippen molar-refractivity contribution in [2.45, 2.75) is 62.7 Å². The molecule has 1 aromatic carbocycles. The molecule has 3 aliphatic rings. The number of thiazole rings is 1. The van der Waals surface area contributed by atoms with Gasteiger partial charge in [0.2, 0.25) is 15.9 Å². The zero-order chi connectivity index (χ0) is 22.3.